The van der Waals surface area contributed by atoms with Gasteiger partial charge in [-0.2, -0.15) is 5.21 Å². The molecule has 4 rings (SSSR count). The average Bonchev–Trinajstić information content (AvgIpc) is 3.46. The number of para-hydroxylation sites is 1. The monoisotopic (exact) mass is 433 g/mol. The molecular formula is C24H27N5O3. The van der Waals surface area contributed by atoms with Crippen molar-refractivity contribution in [1.82, 2.24) is 20.6 Å². The fourth-order valence-electron chi connectivity index (χ4n) is 3.67. The Kier molecular flexibility index (Phi) is 6.79. The molecule has 3 N–H and O–H groups in total. The third-order valence-corrected chi connectivity index (χ3v) is 5.43. The summed E-state index contributed by atoms with van der Waals surface area (Å²) >= 11 is 0. The van der Waals surface area contributed by atoms with E-state index in [4.69, 9.17) is 14.9 Å². The predicted octanol–water partition coefficient (Wildman–Crippen LogP) is 5.17. The molecule has 0 bridgehead atoms. The van der Waals surface area contributed by atoms with E-state index in [9.17, 15) is 4.79 Å². The molecule has 2 heterocycles. The van der Waals surface area contributed by atoms with Gasteiger partial charge in [-0.05, 0) is 48.0 Å². The number of furan rings is 1. The molecule has 0 radical (unpaired) electrons. The molecule has 0 amide bonds. The highest BCUT2D eigenvalue weighted by Crippen LogP contribution is 2.36. The number of nitrogen functional groups attached to an aromatic ring is 1. The molecule has 4 aromatic rings. The van der Waals surface area contributed by atoms with Crippen molar-refractivity contribution in [3.05, 3.63) is 53.6 Å². The largest absolute Gasteiger partial charge is 0.494 e. The highest BCUT2D eigenvalue weighted by atomic mass is 16.5. The molecule has 32 heavy (non-hydrogen) atoms. The zero-order valence-corrected chi connectivity index (χ0v) is 18.1. The van der Waals surface area contributed by atoms with Crippen molar-refractivity contribution >= 4 is 22.4 Å². The highest BCUT2D eigenvalue weighted by molar-refractivity contribution is 6.17. The summed E-state index contributed by atoms with van der Waals surface area (Å²) in [5.41, 5.74) is 7.94. The van der Waals surface area contributed by atoms with E-state index >= 15 is 0 Å². The van der Waals surface area contributed by atoms with E-state index in [-0.39, 0.29) is 17.4 Å². The van der Waals surface area contributed by atoms with E-state index in [1.807, 2.05) is 12.1 Å². The lowest BCUT2D eigenvalue weighted by atomic mass is 10.0. The predicted molar refractivity (Wildman–Crippen MR) is 123 cm³/mol. The van der Waals surface area contributed by atoms with Gasteiger partial charge in [0.1, 0.15) is 11.3 Å². The number of fused-ring (bicyclic) bond motifs is 1. The van der Waals surface area contributed by atoms with Crippen LogP contribution in [0.25, 0.3) is 22.6 Å². The number of anilines is 1. The third kappa shape index (κ3) is 4.64. The van der Waals surface area contributed by atoms with Crippen LogP contribution in [0.1, 0.15) is 61.4 Å². The summed E-state index contributed by atoms with van der Waals surface area (Å²) in [7, 11) is 0. The van der Waals surface area contributed by atoms with E-state index in [2.05, 4.69) is 27.5 Å². The van der Waals surface area contributed by atoms with Gasteiger partial charge < -0.3 is 14.9 Å². The van der Waals surface area contributed by atoms with Gasteiger partial charge in [-0.1, -0.05) is 45.1 Å². The standard InChI is InChI=1S/C24H27N5O3/c1-2-3-4-5-6-7-15-31-17-13-11-16(12-14-17)21(30)19-10-8-9-18-20(25)23(32-22(18)19)24-26-28-29-27-24/h8-14H,2-7,15,25H2,1H3,(H,26,27,28,29). The molecule has 0 saturated heterocycles. The van der Waals surface area contributed by atoms with Crippen LogP contribution >= 0.6 is 0 Å². The van der Waals surface area contributed by atoms with Crippen LogP contribution in [-0.4, -0.2) is 33.0 Å². The van der Waals surface area contributed by atoms with Crippen molar-refractivity contribution in [3.63, 3.8) is 0 Å². The molecule has 0 saturated carbocycles. The molecular weight excluding hydrogens is 406 g/mol. The number of ether oxygens (including phenoxy) is 1. The summed E-state index contributed by atoms with van der Waals surface area (Å²) < 4.78 is 11.7. The molecule has 2 aromatic carbocycles. The lowest BCUT2D eigenvalue weighted by Gasteiger charge is -2.07. The molecule has 2 aromatic heterocycles. The zero-order valence-electron chi connectivity index (χ0n) is 18.1. The SMILES string of the molecule is CCCCCCCCOc1ccc(C(=O)c2cccc3c(N)c(-c4nn[nH]n4)oc23)cc1. The van der Waals surface area contributed by atoms with Gasteiger partial charge in [-0.25, -0.2) is 0 Å². The number of rotatable bonds is 11. The van der Waals surface area contributed by atoms with Gasteiger partial charge >= 0.3 is 0 Å². The number of aromatic amines is 1. The number of hydrogen-bond acceptors (Lipinski definition) is 7. The molecule has 0 spiro atoms. The van der Waals surface area contributed by atoms with Crippen molar-refractivity contribution in [3.8, 4) is 17.3 Å². The highest BCUT2D eigenvalue weighted by Gasteiger charge is 2.22. The van der Waals surface area contributed by atoms with Crippen LogP contribution in [0.5, 0.6) is 5.75 Å². The smallest absolute Gasteiger partial charge is 0.241 e. The van der Waals surface area contributed by atoms with Crippen molar-refractivity contribution in [2.75, 3.05) is 12.3 Å². The summed E-state index contributed by atoms with van der Waals surface area (Å²) in [6.45, 7) is 2.90. The minimum atomic E-state index is -0.161. The fraction of sp³-hybridized carbons (Fsp3) is 0.333. The van der Waals surface area contributed by atoms with E-state index in [0.717, 1.165) is 12.2 Å². The molecule has 0 atom stereocenters. The zero-order chi connectivity index (χ0) is 22.3. The number of nitrogens with zero attached hydrogens (tertiary/aromatic N) is 3. The first kappa shape index (κ1) is 21.5. The molecule has 8 nitrogen and oxygen atoms in total. The molecule has 0 aliphatic carbocycles. The Morgan fingerprint density at radius 2 is 1.84 bits per heavy atom. The quantitative estimate of drug-likeness (QED) is 0.247. The summed E-state index contributed by atoms with van der Waals surface area (Å²) in [5.74, 6) is 1.12. The maximum absolute atomic E-state index is 13.2. The molecule has 166 valence electrons. The number of benzene rings is 2. The Balaban J connectivity index is 1.45. The van der Waals surface area contributed by atoms with Gasteiger partial charge in [0, 0.05) is 10.9 Å². The van der Waals surface area contributed by atoms with Gasteiger partial charge in [-0.3, -0.25) is 4.79 Å². The first-order valence-electron chi connectivity index (χ1n) is 11.0. The number of hydrogen-bond donors (Lipinski definition) is 2. The fourth-order valence-corrected chi connectivity index (χ4v) is 3.67. The number of unbranched alkanes of at least 4 members (excludes halogenated alkanes) is 5. The second-order valence-corrected chi connectivity index (χ2v) is 7.73. The molecule has 0 unspecified atom stereocenters. The number of aromatic nitrogens is 4. The maximum Gasteiger partial charge on any atom is 0.241 e. The first-order valence-corrected chi connectivity index (χ1v) is 11.0. The summed E-state index contributed by atoms with van der Waals surface area (Å²) in [6, 6.07) is 12.5. The van der Waals surface area contributed by atoms with Crippen LogP contribution in [-0.2, 0) is 0 Å². The topological polar surface area (TPSA) is 120 Å². The van der Waals surface area contributed by atoms with Crippen molar-refractivity contribution < 1.29 is 13.9 Å². The number of ketones is 1. The number of carbonyl (C=O) groups excluding carboxylic acids is 1. The minimum Gasteiger partial charge on any atom is -0.494 e. The van der Waals surface area contributed by atoms with Gasteiger partial charge in [0.05, 0.1) is 17.9 Å². The normalized spacial score (nSPS) is 11.2. The van der Waals surface area contributed by atoms with Crippen LogP contribution in [0.4, 0.5) is 5.69 Å². The van der Waals surface area contributed by atoms with E-state index < -0.39 is 0 Å². The second-order valence-electron chi connectivity index (χ2n) is 7.73. The van der Waals surface area contributed by atoms with Crippen molar-refractivity contribution in [1.29, 1.82) is 0 Å². The molecule has 8 heteroatoms. The van der Waals surface area contributed by atoms with E-state index in [1.54, 1.807) is 30.3 Å². The number of H-pyrrole nitrogens is 1. The van der Waals surface area contributed by atoms with Gasteiger partial charge in [-0.15, -0.1) is 10.2 Å². The Hall–Kier alpha value is -3.68. The van der Waals surface area contributed by atoms with Gasteiger partial charge in [0.2, 0.25) is 5.82 Å². The molecule has 0 aliphatic rings. The van der Waals surface area contributed by atoms with Crippen LogP contribution in [0.2, 0.25) is 0 Å². The maximum atomic E-state index is 13.2. The Morgan fingerprint density at radius 3 is 2.59 bits per heavy atom. The minimum absolute atomic E-state index is 0.161. The first-order chi connectivity index (χ1) is 15.7. The average molecular weight is 434 g/mol. The Bertz CT molecular complexity index is 1170. The van der Waals surface area contributed by atoms with Crippen LogP contribution in [0.15, 0.2) is 46.9 Å². The van der Waals surface area contributed by atoms with Gasteiger partial charge in [0.25, 0.3) is 0 Å². The number of carbonyl (C=O) groups is 1. The van der Waals surface area contributed by atoms with Crippen LogP contribution in [0.3, 0.4) is 0 Å². The number of nitrogens with one attached hydrogen (secondary N) is 1. The lowest BCUT2D eigenvalue weighted by Crippen LogP contribution is -2.02. The van der Waals surface area contributed by atoms with Crippen molar-refractivity contribution in [2.45, 2.75) is 45.4 Å². The summed E-state index contributed by atoms with van der Waals surface area (Å²) in [6.07, 6.45) is 7.31. The third-order valence-electron chi connectivity index (χ3n) is 5.43. The summed E-state index contributed by atoms with van der Waals surface area (Å²) in [4.78, 5) is 13.2. The Morgan fingerprint density at radius 1 is 1.06 bits per heavy atom. The molecule has 0 aliphatic heterocycles. The lowest BCUT2D eigenvalue weighted by molar-refractivity contribution is 0.103. The van der Waals surface area contributed by atoms with Crippen LogP contribution in [0, 0.1) is 0 Å². The Labute approximate surface area is 186 Å². The van der Waals surface area contributed by atoms with E-state index in [1.165, 1.54) is 32.1 Å². The van der Waals surface area contributed by atoms with Crippen LogP contribution < -0.4 is 10.5 Å². The van der Waals surface area contributed by atoms with Gasteiger partial charge in [0.15, 0.2) is 11.5 Å². The molecule has 0 fully saturated rings. The van der Waals surface area contributed by atoms with E-state index in [0.29, 0.717) is 34.4 Å². The number of tetrazole rings is 1. The number of nitrogens with two attached hydrogens (primary N) is 1. The summed E-state index contributed by atoms with van der Waals surface area (Å²) in [5, 5.41) is 14.4. The van der Waals surface area contributed by atoms with Crippen molar-refractivity contribution in [2.24, 2.45) is 0 Å². The second kappa shape index (κ2) is 10.1.